The minimum absolute atomic E-state index is 0. The normalized spacial score (nSPS) is 13.5. The average Bonchev–Trinajstić information content (AvgIpc) is 2.99. The van der Waals surface area contributed by atoms with Crippen LogP contribution in [-0.2, 0) is 6.54 Å². The van der Waals surface area contributed by atoms with Gasteiger partial charge in [-0.1, -0.05) is 36.8 Å². The molecule has 0 fully saturated rings. The van der Waals surface area contributed by atoms with Crippen LogP contribution in [0.2, 0.25) is 0 Å². The molecule has 0 saturated heterocycles. The number of ketones is 1. The molecule has 4 heteroatoms. The maximum Gasteiger partial charge on any atom is 0.227 e. The zero-order valence-electron chi connectivity index (χ0n) is 13.8. The third-order valence-electron chi connectivity index (χ3n) is 4.31. The van der Waals surface area contributed by atoms with Crippen molar-refractivity contribution in [1.82, 2.24) is 4.57 Å². The van der Waals surface area contributed by atoms with Crippen molar-refractivity contribution in [3.63, 3.8) is 0 Å². The molecule has 0 radical (unpaired) electrons. The zero-order chi connectivity index (χ0) is 15.5. The summed E-state index contributed by atoms with van der Waals surface area (Å²) in [7, 11) is 0. The minimum atomic E-state index is 0. The number of carbonyl (C=O) groups excluding carboxylic acids is 1. The molecule has 1 aliphatic heterocycles. The molecule has 2 heterocycles. The van der Waals surface area contributed by atoms with Crippen LogP contribution in [0.4, 0.5) is 0 Å². The van der Waals surface area contributed by atoms with E-state index in [0.29, 0.717) is 6.54 Å². The molecule has 0 atom stereocenters. The molecule has 1 aliphatic rings. The first-order chi connectivity index (χ1) is 10.7. The fourth-order valence-electron chi connectivity index (χ4n) is 3.10. The molecule has 1 aromatic heterocycles. The molecule has 0 spiro atoms. The quantitative estimate of drug-likeness (QED) is 0.545. The van der Waals surface area contributed by atoms with Crippen molar-refractivity contribution in [1.29, 1.82) is 0 Å². The van der Waals surface area contributed by atoms with E-state index in [1.807, 2.05) is 31.2 Å². The summed E-state index contributed by atoms with van der Waals surface area (Å²) in [6.45, 7) is 6.57. The highest BCUT2D eigenvalue weighted by Gasteiger charge is 2.26. The number of hydrogen-bond acceptors (Lipinski definition) is 1. The first kappa shape index (κ1) is 17.7. The first-order valence-corrected chi connectivity index (χ1v) is 8.05. The minimum Gasteiger partial charge on any atom is -1.00 e. The lowest BCUT2D eigenvalue weighted by molar-refractivity contribution is -0.519. The lowest BCUT2D eigenvalue weighted by atomic mass is 10.1. The molecule has 0 bridgehead atoms. The Balaban J connectivity index is 0.00000192. The van der Waals surface area contributed by atoms with Gasteiger partial charge in [0.25, 0.3) is 0 Å². The van der Waals surface area contributed by atoms with E-state index in [1.165, 1.54) is 17.0 Å². The molecule has 3 rings (SSSR count). The predicted octanol–water partition coefficient (Wildman–Crippen LogP) is 0.299. The number of aromatic nitrogens is 1. The number of benzene rings is 1. The Kier molecular flexibility index (Phi) is 5.94. The van der Waals surface area contributed by atoms with Gasteiger partial charge in [-0.15, -0.1) is 0 Å². The number of nitrogens with zero attached hydrogens (tertiary/aromatic N) is 2. The summed E-state index contributed by atoms with van der Waals surface area (Å²) in [5, 5.41) is 0. The molecule has 0 unspecified atom stereocenters. The molecule has 0 amide bonds. The highest BCUT2D eigenvalue weighted by Crippen LogP contribution is 2.14. The van der Waals surface area contributed by atoms with Crippen LogP contribution in [0.15, 0.2) is 42.6 Å². The van der Waals surface area contributed by atoms with E-state index in [-0.39, 0.29) is 22.8 Å². The third kappa shape index (κ3) is 3.81. The van der Waals surface area contributed by atoms with Crippen molar-refractivity contribution in [2.24, 2.45) is 0 Å². The van der Waals surface area contributed by atoms with Gasteiger partial charge in [-0.05, 0) is 25.5 Å². The van der Waals surface area contributed by atoms with Gasteiger partial charge >= 0.3 is 0 Å². The molecule has 1 aromatic carbocycles. The number of Topliss-reactive ketones (excluding diaryl/α,β-unsaturated/α-hetero) is 1. The van der Waals surface area contributed by atoms with Crippen molar-refractivity contribution < 1.29 is 26.4 Å². The van der Waals surface area contributed by atoms with Gasteiger partial charge in [-0.2, -0.15) is 0 Å². The van der Waals surface area contributed by atoms with Crippen LogP contribution in [0.3, 0.4) is 0 Å². The fraction of sp³-hybridized carbons (Fsp3) is 0.368. The number of fused-ring (bicyclic) bond motifs is 1. The number of hydrogen-bond donors (Lipinski definition) is 0. The molecule has 2 aromatic rings. The summed E-state index contributed by atoms with van der Waals surface area (Å²) in [6.07, 6.45) is 4.24. The van der Waals surface area contributed by atoms with Crippen molar-refractivity contribution >= 4 is 11.5 Å². The van der Waals surface area contributed by atoms with Crippen LogP contribution < -0.4 is 17.0 Å². The van der Waals surface area contributed by atoms with Crippen LogP contribution in [-0.4, -0.2) is 33.7 Å². The summed E-state index contributed by atoms with van der Waals surface area (Å²) in [6, 6.07) is 12.1. The van der Waals surface area contributed by atoms with Crippen molar-refractivity contribution in [2.75, 3.05) is 13.1 Å². The third-order valence-corrected chi connectivity index (χ3v) is 4.31. The summed E-state index contributed by atoms with van der Waals surface area (Å²) in [5.74, 6) is 0.202. The van der Waals surface area contributed by atoms with Crippen LogP contribution in [0.5, 0.6) is 0 Å². The Bertz CT molecular complexity index is 713. The molecule has 0 saturated carbocycles. The van der Waals surface area contributed by atoms with Gasteiger partial charge in [0.15, 0.2) is 12.3 Å². The van der Waals surface area contributed by atoms with E-state index >= 15 is 0 Å². The fourth-order valence-corrected chi connectivity index (χ4v) is 3.10. The second-order valence-corrected chi connectivity index (χ2v) is 5.99. The second kappa shape index (κ2) is 7.73. The molecule has 122 valence electrons. The molecule has 0 aliphatic carbocycles. The van der Waals surface area contributed by atoms with Gasteiger partial charge in [0.1, 0.15) is 5.69 Å². The maximum absolute atomic E-state index is 12.6. The van der Waals surface area contributed by atoms with E-state index in [1.54, 1.807) is 0 Å². The predicted molar refractivity (Wildman–Crippen MR) is 89.0 cm³/mol. The SMILES string of the molecule is CCCC1=[N+](CC(=O)c2ccc(C)cc2)CCn2cccc21.[Br-]. The number of aryl methyl sites for hydroxylation is 1. The Morgan fingerprint density at radius 3 is 2.65 bits per heavy atom. The van der Waals surface area contributed by atoms with E-state index in [2.05, 4.69) is 34.4 Å². The summed E-state index contributed by atoms with van der Waals surface area (Å²) >= 11 is 0. The molecular weight excluding hydrogens is 352 g/mol. The van der Waals surface area contributed by atoms with Crippen LogP contribution in [0, 0.1) is 6.92 Å². The lowest BCUT2D eigenvalue weighted by Crippen LogP contribution is -3.00. The second-order valence-electron chi connectivity index (χ2n) is 5.99. The van der Waals surface area contributed by atoms with Crippen LogP contribution in [0.25, 0.3) is 0 Å². The summed E-state index contributed by atoms with van der Waals surface area (Å²) in [4.78, 5) is 12.6. The topological polar surface area (TPSA) is 25.0 Å². The Hall–Kier alpha value is -1.68. The van der Waals surface area contributed by atoms with Gasteiger partial charge in [0.05, 0.1) is 6.54 Å². The Labute approximate surface area is 148 Å². The standard InChI is InChI=1S/C19H23N2O.BrH/c1-3-5-17-18-6-4-11-20(18)12-13-21(17)14-19(22)16-9-7-15(2)8-10-16;/h4,6-11H,3,5,12-14H2,1-2H3;1H/q+1;/p-1. The molecule has 23 heavy (non-hydrogen) atoms. The number of halogens is 1. The largest absolute Gasteiger partial charge is 1.00 e. The first-order valence-electron chi connectivity index (χ1n) is 8.05. The highest BCUT2D eigenvalue weighted by atomic mass is 79.9. The summed E-state index contributed by atoms with van der Waals surface area (Å²) in [5.41, 5.74) is 4.57. The van der Waals surface area contributed by atoms with Crippen LogP contribution in [0.1, 0.15) is 41.4 Å². The molecule has 3 nitrogen and oxygen atoms in total. The van der Waals surface area contributed by atoms with Gasteiger partial charge in [0, 0.05) is 18.2 Å². The maximum atomic E-state index is 12.6. The van der Waals surface area contributed by atoms with E-state index in [4.69, 9.17) is 0 Å². The van der Waals surface area contributed by atoms with Gasteiger partial charge in [-0.25, -0.2) is 4.58 Å². The zero-order valence-corrected chi connectivity index (χ0v) is 15.3. The highest BCUT2D eigenvalue weighted by molar-refractivity contribution is 5.99. The smallest absolute Gasteiger partial charge is 0.227 e. The Morgan fingerprint density at radius 1 is 1.22 bits per heavy atom. The van der Waals surface area contributed by atoms with E-state index < -0.39 is 0 Å². The van der Waals surface area contributed by atoms with Crippen molar-refractivity contribution in [2.45, 2.75) is 33.2 Å². The van der Waals surface area contributed by atoms with Gasteiger partial charge in [0.2, 0.25) is 12.3 Å². The van der Waals surface area contributed by atoms with E-state index in [9.17, 15) is 4.79 Å². The van der Waals surface area contributed by atoms with Crippen molar-refractivity contribution in [3.8, 4) is 0 Å². The van der Waals surface area contributed by atoms with Crippen molar-refractivity contribution in [3.05, 3.63) is 59.4 Å². The summed E-state index contributed by atoms with van der Waals surface area (Å²) < 4.78 is 4.55. The molecular formula is C19H23BrN2O. The number of carbonyl (C=O) groups is 1. The van der Waals surface area contributed by atoms with E-state index in [0.717, 1.165) is 31.5 Å². The molecule has 0 N–H and O–H groups in total. The van der Waals surface area contributed by atoms with Gasteiger partial charge < -0.3 is 21.5 Å². The monoisotopic (exact) mass is 374 g/mol. The Morgan fingerprint density at radius 2 is 1.96 bits per heavy atom. The lowest BCUT2D eigenvalue weighted by Gasteiger charge is -2.17. The van der Waals surface area contributed by atoms with Gasteiger partial charge in [-0.3, -0.25) is 4.79 Å². The average molecular weight is 375 g/mol. The van der Waals surface area contributed by atoms with Crippen LogP contribution >= 0.6 is 0 Å². The number of rotatable bonds is 5.